The summed E-state index contributed by atoms with van der Waals surface area (Å²) in [6.45, 7) is 3.19. The summed E-state index contributed by atoms with van der Waals surface area (Å²) in [6.07, 6.45) is 4.23. The number of aromatic hydroxyl groups is 1. The Bertz CT molecular complexity index is 579. The van der Waals surface area contributed by atoms with E-state index in [0.717, 1.165) is 17.5 Å². The molecule has 1 aromatic carbocycles. The summed E-state index contributed by atoms with van der Waals surface area (Å²) in [7, 11) is 0. The van der Waals surface area contributed by atoms with Crippen molar-refractivity contribution in [3.8, 4) is 5.75 Å². The van der Waals surface area contributed by atoms with Crippen LogP contribution in [0.4, 0.5) is 0 Å². The monoisotopic (exact) mass is 263 g/mol. The van der Waals surface area contributed by atoms with Gasteiger partial charge in [-0.15, -0.1) is 0 Å². The minimum atomic E-state index is 0.286. The maximum atomic E-state index is 10.3. The SMILES string of the molecule is Oc1c(C[NH+]2CCCC2)cc(Cl)c2cccnc12. The lowest BCUT2D eigenvalue weighted by Crippen LogP contribution is -3.08. The van der Waals surface area contributed by atoms with Crippen LogP contribution in [0.15, 0.2) is 24.4 Å². The van der Waals surface area contributed by atoms with Crippen molar-refractivity contribution in [1.82, 2.24) is 4.98 Å². The highest BCUT2D eigenvalue weighted by Gasteiger charge is 2.19. The molecule has 3 nitrogen and oxygen atoms in total. The number of hydrogen-bond donors (Lipinski definition) is 2. The second kappa shape index (κ2) is 4.75. The zero-order valence-corrected chi connectivity index (χ0v) is 10.9. The minimum absolute atomic E-state index is 0.286. The number of fused-ring (bicyclic) bond motifs is 1. The highest BCUT2D eigenvalue weighted by Crippen LogP contribution is 2.32. The topological polar surface area (TPSA) is 37.6 Å². The molecule has 0 bridgehead atoms. The van der Waals surface area contributed by atoms with Crippen LogP contribution < -0.4 is 4.90 Å². The number of rotatable bonds is 2. The van der Waals surface area contributed by atoms with Gasteiger partial charge in [0.1, 0.15) is 12.1 Å². The molecule has 1 aliphatic rings. The Morgan fingerprint density at radius 2 is 2.11 bits per heavy atom. The van der Waals surface area contributed by atoms with Crippen molar-refractivity contribution in [3.63, 3.8) is 0 Å². The summed E-state index contributed by atoms with van der Waals surface area (Å²) < 4.78 is 0. The van der Waals surface area contributed by atoms with Crippen molar-refractivity contribution < 1.29 is 10.0 Å². The van der Waals surface area contributed by atoms with Gasteiger partial charge in [-0.05, 0) is 18.2 Å². The van der Waals surface area contributed by atoms with E-state index in [4.69, 9.17) is 11.6 Å². The van der Waals surface area contributed by atoms with Crippen molar-refractivity contribution in [2.24, 2.45) is 0 Å². The highest BCUT2D eigenvalue weighted by molar-refractivity contribution is 6.35. The molecule has 0 unspecified atom stereocenters. The van der Waals surface area contributed by atoms with Crippen LogP contribution in [0.25, 0.3) is 10.9 Å². The number of nitrogens with zero attached hydrogens (tertiary/aromatic N) is 1. The van der Waals surface area contributed by atoms with Gasteiger partial charge in [-0.2, -0.15) is 0 Å². The van der Waals surface area contributed by atoms with Crippen LogP contribution in [0, 0.1) is 0 Å². The van der Waals surface area contributed by atoms with Gasteiger partial charge >= 0.3 is 0 Å². The van der Waals surface area contributed by atoms with Crippen molar-refractivity contribution in [1.29, 1.82) is 0 Å². The third kappa shape index (κ3) is 2.04. The molecule has 2 aromatic rings. The minimum Gasteiger partial charge on any atom is -0.505 e. The molecule has 1 saturated heterocycles. The van der Waals surface area contributed by atoms with E-state index in [9.17, 15) is 5.11 Å². The number of halogens is 1. The Kier molecular flexibility index (Phi) is 3.10. The molecule has 1 aliphatic heterocycles. The molecule has 0 amide bonds. The Morgan fingerprint density at radius 3 is 2.89 bits per heavy atom. The van der Waals surface area contributed by atoms with Gasteiger partial charge in [0.05, 0.1) is 23.7 Å². The smallest absolute Gasteiger partial charge is 0.150 e. The van der Waals surface area contributed by atoms with E-state index in [2.05, 4.69) is 4.98 Å². The van der Waals surface area contributed by atoms with Crippen LogP contribution in [0.5, 0.6) is 5.75 Å². The standard InChI is InChI=1S/C14H15ClN2O/c15-12-8-10(9-17-6-1-2-7-17)14(18)13-11(12)4-3-5-16-13/h3-5,8,18H,1-2,6-7,9H2/p+1. The van der Waals surface area contributed by atoms with Crippen molar-refractivity contribution >= 4 is 22.5 Å². The van der Waals surface area contributed by atoms with Gasteiger partial charge in [-0.3, -0.25) is 4.98 Å². The normalized spacial score (nSPS) is 16.5. The summed E-state index contributed by atoms with van der Waals surface area (Å²) in [5, 5.41) is 11.8. The summed E-state index contributed by atoms with van der Waals surface area (Å²) in [6, 6.07) is 5.60. The fraction of sp³-hybridized carbons (Fsp3) is 0.357. The first-order valence-electron chi connectivity index (χ1n) is 6.34. The second-order valence-corrected chi connectivity index (χ2v) is 5.31. The molecule has 18 heavy (non-hydrogen) atoms. The Balaban J connectivity index is 2.04. The molecule has 2 N–H and O–H groups in total. The Labute approximate surface area is 111 Å². The summed E-state index contributed by atoms with van der Waals surface area (Å²) in [4.78, 5) is 5.74. The van der Waals surface area contributed by atoms with Crippen LogP contribution in [-0.2, 0) is 6.54 Å². The van der Waals surface area contributed by atoms with Gasteiger partial charge in [0.25, 0.3) is 0 Å². The van der Waals surface area contributed by atoms with Gasteiger partial charge in [-0.25, -0.2) is 0 Å². The molecular formula is C14H16ClN2O+. The largest absolute Gasteiger partial charge is 0.505 e. The summed E-state index contributed by atoms with van der Waals surface area (Å²) in [5.74, 6) is 0.286. The number of hydrogen-bond acceptors (Lipinski definition) is 2. The van der Waals surface area contributed by atoms with Crippen LogP contribution >= 0.6 is 11.6 Å². The first kappa shape index (κ1) is 11.8. The van der Waals surface area contributed by atoms with Gasteiger partial charge in [0, 0.05) is 24.4 Å². The lowest BCUT2D eigenvalue weighted by atomic mass is 10.1. The Morgan fingerprint density at radius 1 is 1.33 bits per heavy atom. The Hall–Kier alpha value is -1.32. The molecule has 0 saturated carbocycles. The predicted octanol–water partition coefficient (Wildman–Crippen LogP) is 1.77. The molecule has 0 radical (unpaired) electrons. The number of aromatic nitrogens is 1. The van der Waals surface area contributed by atoms with E-state index < -0.39 is 0 Å². The number of likely N-dealkylation sites (tertiary alicyclic amines) is 1. The van der Waals surface area contributed by atoms with E-state index in [1.165, 1.54) is 30.8 Å². The lowest BCUT2D eigenvalue weighted by Gasteiger charge is -2.14. The third-order valence-corrected chi connectivity index (χ3v) is 3.96. The van der Waals surface area contributed by atoms with Crippen LogP contribution in [0.2, 0.25) is 5.02 Å². The maximum absolute atomic E-state index is 10.3. The zero-order valence-electron chi connectivity index (χ0n) is 10.1. The molecule has 94 valence electrons. The quantitative estimate of drug-likeness (QED) is 0.867. The molecule has 0 atom stereocenters. The average Bonchev–Trinajstić information content (AvgIpc) is 2.89. The number of phenolic OH excluding ortho intramolecular Hbond substituents is 1. The first-order chi connectivity index (χ1) is 8.75. The van der Waals surface area contributed by atoms with Gasteiger partial charge in [0.15, 0.2) is 5.75 Å². The molecule has 3 rings (SSSR count). The van der Waals surface area contributed by atoms with E-state index in [1.807, 2.05) is 18.2 Å². The molecule has 1 fully saturated rings. The summed E-state index contributed by atoms with van der Waals surface area (Å²) >= 11 is 6.26. The highest BCUT2D eigenvalue weighted by atomic mass is 35.5. The molecular weight excluding hydrogens is 248 g/mol. The summed E-state index contributed by atoms with van der Waals surface area (Å²) in [5.41, 5.74) is 1.52. The number of phenols is 1. The van der Waals surface area contributed by atoms with Crippen LogP contribution in [0.1, 0.15) is 18.4 Å². The van der Waals surface area contributed by atoms with Crippen molar-refractivity contribution in [3.05, 3.63) is 35.0 Å². The van der Waals surface area contributed by atoms with Crippen LogP contribution in [0.3, 0.4) is 0 Å². The number of pyridine rings is 1. The molecule has 0 spiro atoms. The molecule has 4 heteroatoms. The van der Waals surface area contributed by atoms with E-state index in [-0.39, 0.29) is 5.75 Å². The zero-order chi connectivity index (χ0) is 12.5. The fourth-order valence-electron chi connectivity index (χ4n) is 2.69. The number of nitrogens with one attached hydrogen (secondary N) is 1. The van der Waals surface area contributed by atoms with Gasteiger partial charge in [0.2, 0.25) is 0 Å². The lowest BCUT2D eigenvalue weighted by molar-refractivity contribution is -0.901. The fourth-order valence-corrected chi connectivity index (χ4v) is 2.98. The van der Waals surface area contributed by atoms with Gasteiger partial charge < -0.3 is 10.0 Å². The second-order valence-electron chi connectivity index (χ2n) is 4.90. The van der Waals surface area contributed by atoms with Gasteiger partial charge in [-0.1, -0.05) is 11.6 Å². The van der Waals surface area contributed by atoms with E-state index in [1.54, 1.807) is 6.20 Å². The third-order valence-electron chi connectivity index (χ3n) is 3.65. The average molecular weight is 264 g/mol. The number of quaternary nitrogens is 1. The van der Waals surface area contributed by atoms with E-state index in [0.29, 0.717) is 10.5 Å². The maximum Gasteiger partial charge on any atom is 0.150 e. The first-order valence-corrected chi connectivity index (χ1v) is 6.72. The van der Waals surface area contributed by atoms with Crippen molar-refractivity contribution in [2.75, 3.05) is 13.1 Å². The molecule has 1 aromatic heterocycles. The van der Waals surface area contributed by atoms with Crippen LogP contribution in [-0.4, -0.2) is 23.2 Å². The predicted molar refractivity (Wildman–Crippen MR) is 72.1 cm³/mol. The van der Waals surface area contributed by atoms with E-state index >= 15 is 0 Å². The number of benzene rings is 1. The van der Waals surface area contributed by atoms with Crippen molar-refractivity contribution in [2.45, 2.75) is 19.4 Å². The molecule has 2 heterocycles. The molecule has 0 aliphatic carbocycles.